The largest absolute Gasteiger partial charge is 0.465 e. The lowest BCUT2D eigenvalue weighted by Gasteiger charge is -2.17. The molecular weight excluding hydrogens is 198 g/mol. The summed E-state index contributed by atoms with van der Waals surface area (Å²) in [4.78, 5) is 10.4. The molecule has 1 amide bonds. The SMILES string of the molecule is Cn1nc(C(C)(C)CO)cc1NC(=O)O. The average Bonchev–Trinajstić information content (AvgIpc) is 2.48. The van der Waals surface area contributed by atoms with Crippen molar-refractivity contribution in [3.8, 4) is 0 Å². The van der Waals surface area contributed by atoms with Gasteiger partial charge in [-0.1, -0.05) is 13.8 Å². The van der Waals surface area contributed by atoms with E-state index in [4.69, 9.17) is 10.2 Å². The van der Waals surface area contributed by atoms with Crippen LogP contribution in [0.3, 0.4) is 0 Å². The van der Waals surface area contributed by atoms with Gasteiger partial charge in [-0.15, -0.1) is 0 Å². The first-order chi connectivity index (χ1) is 6.86. The topological polar surface area (TPSA) is 87.4 Å². The van der Waals surface area contributed by atoms with E-state index in [1.807, 2.05) is 13.8 Å². The van der Waals surface area contributed by atoms with Crippen LogP contribution < -0.4 is 5.32 Å². The van der Waals surface area contributed by atoms with Crippen LogP contribution in [-0.4, -0.2) is 32.7 Å². The first-order valence-corrected chi connectivity index (χ1v) is 4.52. The van der Waals surface area contributed by atoms with Crippen molar-refractivity contribution in [2.75, 3.05) is 11.9 Å². The van der Waals surface area contributed by atoms with Crippen molar-refractivity contribution in [2.45, 2.75) is 19.3 Å². The second kappa shape index (κ2) is 3.90. The molecule has 1 heterocycles. The molecule has 6 nitrogen and oxygen atoms in total. The molecule has 0 aromatic carbocycles. The van der Waals surface area contributed by atoms with E-state index in [0.717, 1.165) is 0 Å². The summed E-state index contributed by atoms with van der Waals surface area (Å²) in [6.07, 6.45) is -1.13. The van der Waals surface area contributed by atoms with E-state index in [2.05, 4.69) is 10.4 Å². The van der Waals surface area contributed by atoms with Crippen LogP contribution in [0.15, 0.2) is 6.07 Å². The highest BCUT2D eigenvalue weighted by Gasteiger charge is 2.24. The first kappa shape index (κ1) is 11.5. The lowest BCUT2D eigenvalue weighted by molar-refractivity contribution is 0.209. The molecule has 0 saturated carbocycles. The van der Waals surface area contributed by atoms with Gasteiger partial charge in [-0.3, -0.25) is 10.00 Å². The molecule has 0 radical (unpaired) electrons. The van der Waals surface area contributed by atoms with Crippen molar-refractivity contribution < 1.29 is 15.0 Å². The number of carboxylic acid groups (broad SMARTS) is 1. The summed E-state index contributed by atoms with van der Waals surface area (Å²) in [5, 5.41) is 24.1. The van der Waals surface area contributed by atoms with Crippen molar-refractivity contribution in [1.29, 1.82) is 0 Å². The molecule has 3 N–H and O–H groups in total. The van der Waals surface area contributed by atoms with Crippen LogP contribution in [0.5, 0.6) is 0 Å². The summed E-state index contributed by atoms with van der Waals surface area (Å²) < 4.78 is 1.43. The second-order valence-corrected chi connectivity index (χ2v) is 4.01. The van der Waals surface area contributed by atoms with E-state index >= 15 is 0 Å². The minimum atomic E-state index is -1.13. The summed E-state index contributed by atoms with van der Waals surface area (Å²) in [6, 6.07) is 1.62. The summed E-state index contributed by atoms with van der Waals surface area (Å²) in [5.74, 6) is 0.388. The van der Waals surface area contributed by atoms with Gasteiger partial charge in [0.25, 0.3) is 0 Å². The van der Waals surface area contributed by atoms with E-state index in [1.54, 1.807) is 13.1 Å². The van der Waals surface area contributed by atoms with Gasteiger partial charge >= 0.3 is 6.09 Å². The molecule has 6 heteroatoms. The van der Waals surface area contributed by atoms with Crippen LogP contribution in [0.2, 0.25) is 0 Å². The monoisotopic (exact) mass is 213 g/mol. The number of aliphatic hydroxyl groups is 1. The summed E-state index contributed by atoms with van der Waals surface area (Å²) in [7, 11) is 1.64. The molecular formula is C9H15N3O3. The Morgan fingerprint density at radius 1 is 1.67 bits per heavy atom. The van der Waals surface area contributed by atoms with Crippen molar-refractivity contribution in [3.63, 3.8) is 0 Å². The normalized spacial score (nSPS) is 11.5. The van der Waals surface area contributed by atoms with Gasteiger partial charge in [0, 0.05) is 18.5 Å². The Labute approximate surface area is 87.5 Å². The molecule has 0 aliphatic rings. The predicted octanol–water partition coefficient (Wildman–Crippen LogP) is 0.780. The number of hydrogen-bond acceptors (Lipinski definition) is 3. The van der Waals surface area contributed by atoms with Gasteiger partial charge in [0.1, 0.15) is 5.82 Å². The second-order valence-electron chi connectivity index (χ2n) is 4.01. The van der Waals surface area contributed by atoms with Crippen molar-refractivity contribution in [2.24, 2.45) is 7.05 Å². The van der Waals surface area contributed by atoms with Crippen LogP contribution in [0.4, 0.5) is 10.6 Å². The molecule has 0 spiro atoms. The van der Waals surface area contributed by atoms with Gasteiger partial charge in [0.2, 0.25) is 0 Å². The quantitative estimate of drug-likeness (QED) is 0.692. The fourth-order valence-electron chi connectivity index (χ4n) is 1.11. The van der Waals surface area contributed by atoms with Gasteiger partial charge in [-0.2, -0.15) is 5.10 Å². The molecule has 1 rings (SSSR count). The minimum absolute atomic E-state index is 0.0451. The summed E-state index contributed by atoms with van der Waals surface area (Å²) in [5.41, 5.74) is 0.173. The Morgan fingerprint density at radius 3 is 2.73 bits per heavy atom. The zero-order valence-corrected chi connectivity index (χ0v) is 8.98. The third-order valence-electron chi connectivity index (χ3n) is 2.20. The van der Waals surface area contributed by atoms with Gasteiger partial charge in [0.05, 0.1) is 12.3 Å². The number of nitrogens with zero attached hydrogens (tertiary/aromatic N) is 2. The molecule has 1 aromatic heterocycles. The van der Waals surface area contributed by atoms with Gasteiger partial charge < -0.3 is 10.2 Å². The van der Waals surface area contributed by atoms with Crippen molar-refractivity contribution >= 4 is 11.9 Å². The van der Waals surface area contributed by atoms with Crippen molar-refractivity contribution in [1.82, 2.24) is 9.78 Å². The summed E-state index contributed by atoms with van der Waals surface area (Å²) >= 11 is 0. The average molecular weight is 213 g/mol. The Balaban J connectivity index is 3.00. The Bertz CT molecular complexity index is 371. The summed E-state index contributed by atoms with van der Waals surface area (Å²) in [6.45, 7) is 3.62. The number of anilines is 1. The van der Waals surface area contributed by atoms with E-state index in [-0.39, 0.29) is 6.61 Å². The van der Waals surface area contributed by atoms with Crippen LogP contribution in [0.25, 0.3) is 0 Å². The number of nitrogens with one attached hydrogen (secondary N) is 1. The van der Waals surface area contributed by atoms with Gasteiger partial charge in [0.15, 0.2) is 0 Å². The van der Waals surface area contributed by atoms with Crippen LogP contribution >= 0.6 is 0 Å². The Hall–Kier alpha value is -1.56. The molecule has 15 heavy (non-hydrogen) atoms. The lowest BCUT2D eigenvalue weighted by Crippen LogP contribution is -2.22. The van der Waals surface area contributed by atoms with Crippen LogP contribution in [-0.2, 0) is 12.5 Å². The highest BCUT2D eigenvalue weighted by atomic mass is 16.4. The number of carbonyl (C=O) groups is 1. The van der Waals surface area contributed by atoms with E-state index in [1.165, 1.54) is 4.68 Å². The van der Waals surface area contributed by atoms with E-state index in [9.17, 15) is 4.79 Å². The molecule has 84 valence electrons. The molecule has 0 aliphatic heterocycles. The zero-order chi connectivity index (χ0) is 11.6. The number of amides is 1. The smallest absolute Gasteiger partial charge is 0.410 e. The molecule has 0 aliphatic carbocycles. The highest BCUT2D eigenvalue weighted by Crippen LogP contribution is 2.23. The molecule has 1 aromatic rings. The highest BCUT2D eigenvalue weighted by molar-refractivity contribution is 5.81. The Kier molecular flexibility index (Phi) is 2.99. The maximum Gasteiger partial charge on any atom is 0.410 e. The molecule has 0 atom stereocenters. The fourth-order valence-corrected chi connectivity index (χ4v) is 1.11. The number of hydrogen-bond donors (Lipinski definition) is 3. The zero-order valence-electron chi connectivity index (χ0n) is 8.98. The predicted molar refractivity (Wildman–Crippen MR) is 55.0 cm³/mol. The van der Waals surface area contributed by atoms with E-state index < -0.39 is 11.5 Å². The lowest BCUT2D eigenvalue weighted by atomic mass is 9.91. The first-order valence-electron chi connectivity index (χ1n) is 4.52. The van der Waals surface area contributed by atoms with Gasteiger partial charge in [-0.05, 0) is 0 Å². The standard InChI is InChI=1S/C9H15N3O3/c1-9(2,5-13)6-4-7(10-8(14)15)12(3)11-6/h4,10,13H,5H2,1-3H3,(H,14,15). The maximum absolute atomic E-state index is 10.4. The van der Waals surface area contributed by atoms with Crippen molar-refractivity contribution in [3.05, 3.63) is 11.8 Å². The Morgan fingerprint density at radius 2 is 2.27 bits per heavy atom. The number of aryl methyl sites for hydroxylation is 1. The fraction of sp³-hybridized carbons (Fsp3) is 0.556. The van der Waals surface area contributed by atoms with E-state index in [0.29, 0.717) is 11.5 Å². The third-order valence-corrected chi connectivity index (χ3v) is 2.20. The minimum Gasteiger partial charge on any atom is -0.465 e. The number of rotatable bonds is 3. The molecule has 0 bridgehead atoms. The molecule has 0 unspecified atom stereocenters. The third kappa shape index (κ3) is 2.47. The van der Waals surface area contributed by atoms with Crippen LogP contribution in [0.1, 0.15) is 19.5 Å². The molecule has 0 saturated heterocycles. The van der Waals surface area contributed by atoms with Gasteiger partial charge in [-0.25, -0.2) is 4.79 Å². The van der Waals surface area contributed by atoms with Crippen LogP contribution in [0, 0.1) is 0 Å². The molecule has 0 fully saturated rings. The number of aliphatic hydroxyl groups excluding tert-OH is 1. The maximum atomic E-state index is 10.4. The number of aromatic nitrogens is 2.